The number of amidine groups is 1. The molecule has 4 nitrogen and oxygen atoms in total. The molecule has 1 aliphatic rings. The summed E-state index contributed by atoms with van der Waals surface area (Å²) in [5, 5.41) is 0. The Morgan fingerprint density at radius 2 is 1.85 bits per heavy atom. The van der Waals surface area contributed by atoms with Gasteiger partial charge < -0.3 is 4.90 Å². The molecule has 1 saturated heterocycles. The van der Waals surface area contributed by atoms with Crippen molar-refractivity contribution in [1.82, 2.24) is 9.88 Å². The molecule has 0 spiro atoms. The van der Waals surface area contributed by atoms with E-state index in [0.29, 0.717) is 12.3 Å². The highest BCUT2D eigenvalue weighted by Gasteiger charge is 2.59. The fourth-order valence-electron chi connectivity index (χ4n) is 4.81. The first-order valence-electron chi connectivity index (χ1n) is 11.5. The highest BCUT2D eigenvalue weighted by atomic mass is 19.1. The predicted octanol–water partition coefficient (Wildman–Crippen LogP) is 6.70. The van der Waals surface area contributed by atoms with Crippen LogP contribution in [0.4, 0.5) is 4.39 Å². The van der Waals surface area contributed by atoms with Crippen molar-refractivity contribution in [3.63, 3.8) is 0 Å². The van der Waals surface area contributed by atoms with Crippen molar-refractivity contribution in [3.05, 3.63) is 71.6 Å². The van der Waals surface area contributed by atoms with Crippen molar-refractivity contribution in [2.45, 2.75) is 53.8 Å². The van der Waals surface area contributed by atoms with Crippen LogP contribution in [0.5, 0.6) is 0 Å². The summed E-state index contributed by atoms with van der Waals surface area (Å²) in [6.45, 7) is 16.7. The average Bonchev–Trinajstić information content (AvgIpc) is 2.77. The molecule has 178 valence electrons. The van der Waals surface area contributed by atoms with E-state index in [9.17, 15) is 0 Å². The number of halogens is 1. The second-order valence-corrected chi connectivity index (χ2v) is 9.44. The molecule has 5 heteroatoms. The molecule has 0 aromatic carbocycles. The van der Waals surface area contributed by atoms with Gasteiger partial charge in [0.25, 0.3) is 0 Å². The fraction of sp³-hybridized carbons (Fsp3) is 0.464. The molecule has 0 radical (unpaired) electrons. The zero-order valence-corrected chi connectivity index (χ0v) is 21.5. The van der Waals surface area contributed by atoms with Crippen molar-refractivity contribution < 1.29 is 4.39 Å². The Labute approximate surface area is 199 Å². The number of pyridine rings is 1. The van der Waals surface area contributed by atoms with Gasteiger partial charge >= 0.3 is 0 Å². The summed E-state index contributed by atoms with van der Waals surface area (Å²) >= 11 is 0. The van der Waals surface area contributed by atoms with Crippen LogP contribution in [0.2, 0.25) is 0 Å². The molecule has 0 saturated carbocycles. The van der Waals surface area contributed by atoms with Gasteiger partial charge in [-0.15, -0.1) is 6.58 Å². The van der Waals surface area contributed by atoms with Crippen LogP contribution in [0, 0.1) is 10.8 Å². The van der Waals surface area contributed by atoms with Gasteiger partial charge in [-0.05, 0) is 69.0 Å². The number of nitrogens with zero attached hydrogens (tertiary/aromatic N) is 4. The molecule has 0 N–H and O–H groups in total. The number of hydrogen-bond donors (Lipinski definition) is 0. The number of alkyl halides is 1. The van der Waals surface area contributed by atoms with Gasteiger partial charge in [-0.1, -0.05) is 37.6 Å². The lowest BCUT2D eigenvalue weighted by atomic mass is 9.58. The largest absolute Gasteiger partial charge is 0.330 e. The highest BCUT2D eigenvalue weighted by Crippen LogP contribution is 2.57. The lowest BCUT2D eigenvalue weighted by molar-refractivity contribution is -0.0632. The number of aliphatic imine (C=N–C) groups is 2. The molecule has 2 heterocycles. The van der Waals surface area contributed by atoms with E-state index in [-0.39, 0.29) is 0 Å². The Balaban J connectivity index is 2.85. The number of allylic oxidation sites excluding steroid dienone is 4. The maximum atomic E-state index is 16.4. The Hall–Kier alpha value is -2.82. The Bertz CT molecular complexity index is 996. The lowest BCUT2D eigenvalue weighted by Gasteiger charge is -2.58. The van der Waals surface area contributed by atoms with E-state index in [2.05, 4.69) is 47.5 Å². The van der Waals surface area contributed by atoms with Gasteiger partial charge in [0.15, 0.2) is 5.79 Å². The van der Waals surface area contributed by atoms with Crippen molar-refractivity contribution in [1.29, 1.82) is 0 Å². The van der Waals surface area contributed by atoms with Crippen molar-refractivity contribution >= 4 is 18.1 Å². The average molecular weight is 451 g/mol. The second kappa shape index (κ2) is 10.4. The summed E-state index contributed by atoms with van der Waals surface area (Å²) in [7, 11) is 3.50. The molecule has 2 rings (SSSR count). The molecule has 0 amide bonds. The topological polar surface area (TPSA) is 40.9 Å². The van der Waals surface area contributed by atoms with Gasteiger partial charge in [-0.2, -0.15) is 0 Å². The third-order valence-corrected chi connectivity index (χ3v) is 6.94. The smallest absolute Gasteiger partial charge is 0.189 e. The highest BCUT2D eigenvalue weighted by molar-refractivity contribution is 5.95. The van der Waals surface area contributed by atoms with Gasteiger partial charge in [0.2, 0.25) is 0 Å². The normalized spacial score (nSPS) is 28.7. The van der Waals surface area contributed by atoms with Gasteiger partial charge in [-0.3, -0.25) is 15.0 Å². The summed E-state index contributed by atoms with van der Waals surface area (Å²) in [6.07, 6.45) is 14.1. The number of aromatic nitrogens is 1. The minimum absolute atomic E-state index is 0.631. The fourth-order valence-corrected chi connectivity index (χ4v) is 4.81. The van der Waals surface area contributed by atoms with Crippen LogP contribution in [0.25, 0.3) is 6.08 Å². The van der Waals surface area contributed by atoms with Crippen LogP contribution in [-0.2, 0) is 0 Å². The monoisotopic (exact) mass is 450 g/mol. The van der Waals surface area contributed by atoms with E-state index >= 15 is 4.39 Å². The van der Waals surface area contributed by atoms with Crippen molar-refractivity contribution in [3.8, 4) is 0 Å². The lowest BCUT2D eigenvalue weighted by Crippen LogP contribution is -2.64. The van der Waals surface area contributed by atoms with Crippen LogP contribution in [0.3, 0.4) is 0 Å². The molecule has 1 unspecified atom stereocenters. The van der Waals surface area contributed by atoms with E-state index in [4.69, 9.17) is 0 Å². The van der Waals surface area contributed by atoms with Gasteiger partial charge in [0.1, 0.15) is 5.84 Å². The third-order valence-electron chi connectivity index (χ3n) is 6.94. The summed E-state index contributed by atoms with van der Waals surface area (Å²) in [5.41, 5.74) is 2.78. The molecular weight excluding hydrogens is 411 g/mol. The standard InChI is InChI=1S/C28H39FN4/c1-10-27(6)24(26(4,5)28(7,29)33(9)25(27)30-8)23(20-21(3)14-17-31-11-2)13-12-22-15-18-32-19-16-22/h10,12-19H,1,11,20H2,2-9H3/b13-12+,21-14+,24-23+,30-25?,31-17?/t27?,28-/m1/s1. The minimum atomic E-state index is -1.64. The second-order valence-electron chi connectivity index (χ2n) is 9.44. The number of rotatable bonds is 7. The van der Waals surface area contributed by atoms with Gasteiger partial charge in [0, 0.05) is 44.7 Å². The Kier molecular flexibility index (Phi) is 8.34. The first kappa shape index (κ1) is 26.4. The number of hydrogen-bond acceptors (Lipinski definition) is 3. The summed E-state index contributed by atoms with van der Waals surface area (Å²) in [5.74, 6) is -0.975. The van der Waals surface area contributed by atoms with Gasteiger partial charge in [-0.25, -0.2) is 4.39 Å². The zero-order valence-electron chi connectivity index (χ0n) is 21.5. The number of piperidine rings is 1. The molecule has 0 bridgehead atoms. The predicted molar refractivity (Wildman–Crippen MR) is 140 cm³/mol. The van der Waals surface area contributed by atoms with E-state index < -0.39 is 16.6 Å². The molecule has 33 heavy (non-hydrogen) atoms. The van der Waals surface area contributed by atoms with Gasteiger partial charge in [0.05, 0.1) is 5.41 Å². The quantitative estimate of drug-likeness (QED) is 0.264. The molecule has 1 aliphatic heterocycles. The first-order chi connectivity index (χ1) is 15.5. The van der Waals surface area contributed by atoms with Crippen LogP contribution >= 0.6 is 0 Å². The molecule has 1 aromatic heterocycles. The maximum Gasteiger partial charge on any atom is 0.189 e. The Morgan fingerprint density at radius 1 is 1.21 bits per heavy atom. The zero-order chi connectivity index (χ0) is 24.9. The van der Waals surface area contributed by atoms with E-state index in [1.54, 1.807) is 38.3 Å². The molecule has 0 aliphatic carbocycles. The van der Waals surface area contributed by atoms with E-state index in [0.717, 1.165) is 28.8 Å². The van der Waals surface area contributed by atoms with Crippen molar-refractivity contribution in [2.75, 3.05) is 20.6 Å². The number of likely N-dealkylation sites (tertiary alicyclic amines) is 1. The first-order valence-corrected chi connectivity index (χ1v) is 11.5. The SMILES string of the molecule is C=CC1(C)C(=NC)N(C)[C@@](C)(F)C(C)(C)/C1=C(/C=C/c1ccncc1)C/C(C)=C/C=NCC. The van der Waals surface area contributed by atoms with Crippen molar-refractivity contribution in [2.24, 2.45) is 20.8 Å². The third kappa shape index (κ3) is 5.07. The van der Waals surface area contributed by atoms with Crippen LogP contribution < -0.4 is 0 Å². The molecule has 2 atom stereocenters. The van der Waals surface area contributed by atoms with Crippen LogP contribution in [-0.4, -0.2) is 48.4 Å². The summed E-state index contributed by atoms with van der Waals surface area (Å²) in [4.78, 5) is 14.6. The van der Waals surface area contributed by atoms with Crippen LogP contribution in [0.15, 0.2) is 76.0 Å². The minimum Gasteiger partial charge on any atom is -0.330 e. The Morgan fingerprint density at radius 3 is 2.39 bits per heavy atom. The molecular formula is C28H39FN4. The molecule has 1 aromatic rings. The molecule has 1 fully saturated rings. The van der Waals surface area contributed by atoms with E-state index in [1.165, 1.54) is 0 Å². The van der Waals surface area contributed by atoms with Crippen LogP contribution in [0.1, 0.15) is 53.5 Å². The van der Waals surface area contributed by atoms with E-state index in [1.807, 2.05) is 51.3 Å². The summed E-state index contributed by atoms with van der Waals surface area (Å²) < 4.78 is 16.4. The maximum absolute atomic E-state index is 16.4. The summed E-state index contributed by atoms with van der Waals surface area (Å²) in [6, 6.07) is 3.92.